The standard InChI is InChI=1S/C15H26N4O/c1-11-5-7-12(8-6-11)16-13-4-3-9-19-15(13)17-14(18-19)10-20-2/h11-13,16H,3-10H2,1-2H3. The number of aryl methyl sites for hydroxylation is 1. The van der Waals surface area contributed by atoms with Gasteiger partial charge in [-0.15, -0.1) is 0 Å². The van der Waals surface area contributed by atoms with Crippen molar-refractivity contribution < 1.29 is 4.74 Å². The molecular weight excluding hydrogens is 252 g/mol. The number of fused-ring (bicyclic) bond motifs is 1. The van der Waals surface area contributed by atoms with Gasteiger partial charge in [0.05, 0.1) is 6.04 Å². The normalized spacial score (nSPS) is 30.2. The summed E-state index contributed by atoms with van der Waals surface area (Å²) in [6.45, 7) is 3.87. The molecular formula is C15H26N4O. The molecule has 20 heavy (non-hydrogen) atoms. The number of nitrogens with one attached hydrogen (secondary N) is 1. The second-order valence-electron chi connectivity index (χ2n) is 6.36. The molecule has 112 valence electrons. The maximum atomic E-state index is 5.14. The van der Waals surface area contributed by atoms with Crippen molar-refractivity contribution in [3.63, 3.8) is 0 Å². The van der Waals surface area contributed by atoms with Crippen LogP contribution in [-0.4, -0.2) is 27.9 Å². The maximum absolute atomic E-state index is 5.14. The molecule has 1 atom stereocenters. The van der Waals surface area contributed by atoms with Crippen LogP contribution in [-0.2, 0) is 17.9 Å². The first-order chi connectivity index (χ1) is 9.76. The van der Waals surface area contributed by atoms with E-state index in [-0.39, 0.29) is 0 Å². The Balaban J connectivity index is 1.66. The highest BCUT2D eigenvalue weighted by Gasteiger charge is 2.27. The van der Waals surface area contributed by atoms with Gasteiger partial charge in [0.1, 0.15) is 12.4 Å². The lowest BCUT2D eigenvalue weighted by atomic mass is 9.87. The topological polar surface area (TPSA) is 52.0 Å². The van der Waals surface area contributed by atoms with Crippen LogP contribution in [0.4, 0.5) is 0 Å². The van der Waals surface area contributed by atoms with Crippen molar-refractivity contribution >= 4 is 0 Å². The quantitative estimate of drug-likeness (QED) is 0.919. The van der Waals surface area contributed by atoms with Crippen LogP contribution in [0.5, 0.6) is 0 Å². The number of nitrogens with zero attached hydrogens (tertiary/aromatic N) is 3. The summed E-state index contributed by atoms with van der Waals surface area (Å²) in [5.74, 6) is 2.83. The van der Waals surface area contributed by atoms with E-state index in [1.54, 1.807) is 7.11 Å². The summed E-state index contributed by atoms with van der Waals surface area (Å²) in [4.78, 5) is 4.67. The summed E-state index contributed by atoms with van der Waals surface area (Å²) >= 11 is 0. The van der Waals surface area contributed by atoms with E-state index in [0.717, 1.165) is 24.1 Å². The van der Waals surface area contributed by atoms with Gasteiger partial charge in [-0.2, -0.15) is 5.10 Å². The van der Waals surface area contributed by atoms with Crippen LogP contribution in [0.2, 0.25) is 0 Å². The molecule has 0 bridgehead atoms. The van der Waals surface area contributed by atoms with Crippen LogP contribution in [0.25, 0.3) is 0 Å². The van der Waals surface area contributed by atoms with E-state index in [0.29, 0.717) is 18.7 Å². The van der Waals surface area contributed by atoms with Crippen molar-refractivity contribution in [3.05, 3.63) is 11.6 Å². The molecule has 5 nitrogen and oxygen atoms in total. The Hall–Kier alpha value is -0.940. The van der Waals surface area contributed by atoms with Gasteiger partial charge < -0.3 is 10.1 Å². The molecule has 1 aromatic heterocycles. The van der Waals surface area contributed by atoms with Crippen LogP contribution in [0.3, 0.4) is 0 Å². The molecule has 1 N–H and O–H groups in total. The van der Waals surface area contributed by atoms with Gasteiger partial charge in [0.2, 0.25) is 0 Å². The summed E-state index contributed by atoms with van der Waals surface area (Å²) < 4.78 is 7.21. The van der Waals surface area contributed by atoms with Gasteiger partial charge in [-0.25, -0.2) is 9.67 Å². The highest BCUT2D eigenvalue weighted by Crippen LogP contribution is 2.28. The summed E-state index contributed by atoms with van der Waals surface area (Å²) in [5.41, 5.74) is 0. The third-order valence-corrected chi connectivity index (χ3v) is 4.64. The maximum Gasteiger partial charge on any atom is 0.176 e. The largest absolute Gasteiger partial charge is 0.377 e. The summed E-state index contributed by atoms with van der Waals surface area (Å²) in [6.07, 6.45) is 7.67. The molecule has 0 radical (unpaired) electrons. The average molecular weight is 278 g/mol. The predicted molar refractivity (Wildman–Crippen MR) is 77.3 cm³/mol. The minimum absolute atomic E-state index is 0.375. The summed E-state index contributed by atoms with van der Waals surface area (Å²) in [5, 5.41) is 8.36. The highest BCUT2D eigenvalue weighted by molar-refractivity contribution is 5.02. The molecule has 1 aliphatic carbocycles. The average Bonchev–Trinajstić information content (AvgIpc) is 2.85. The molecule has 0 aromatic carbocycles. The molecule has 0 spiro atoms. The first-order valence-electron chi connectivity index (χ1n) is 7.95. The molecule has 1 aromatic rings. The molecule has 2 heterocycles. The van der Waals surface area contributed by atoms with Crippen molar-refractivity contribution in [1.29, 1.82) is 0 Å². The minimum Gasteiger partial charge on any atom is -0.377 e. The van der Waals surface area contributed by atoms with E-state index in [9.17, 15) is 0 Å². The van der Waals surface area contributed by atoms with E-state index in [2.05, 4.69) is 27.0 Å². The van der Waals surface area contributed by atoms with Crippen molar-refractivity contribution in [2.45, 2.75) is 70.7 Å². The van der Waals surface area contributed by atoms with Crippen molar-refractivity contribution in [2.75, 3.05) is 7.11 Å². The zero-order valence-electron chi connectivity index (χ0n) is 12.6. The fourth-order valence-electron chi connectivity index (χ4n) is 3.46. The molecule has 5 heteroatoms. The van der Waals surface area contributed by atoms with Crippen molar-refractivity contribution in [2.24, 2.45) is 5.92 Å². The van der Waals surface area contributed by atoms with Crippen molar-refractivity contribution in [1.82, 2.24) is 20.1 Å². The van der Waals surface area contributed by atoms with Crippen LogP contribution >= 0.6 is 0 Å². The number of hydrogen-bond donors (Lipinski definition) is 1. The first-order valence-corrected chi connectivity index (χ1v) is 7.95. The lowest BCUT2D eigenvalue weighted by molar-refractivity contribution is 0.177. The van der Waals surface area contributed by atoms with Gasteiger partial charge in [0, 0.05) is 19.7 Å². The highest BCUT2D eigenvalue weighted by atomic mass is 16.5. The Morgan fingerprint density at radius 2 is 2.05 bits per heavy atom. The first kappa shape index (κ1) is 14.0. The zero-order valence-corrected chi connectivity index (χ0v) is 12.6. The van der Waals surface area contributed by atoms with Gasteiger partial charge >= 0.3 is 0 Å². The van der Waals surface area contributed by atoms with Crippen LogP contribution < -0.4 is 5.32 Å². The number of methoxy groups -OCH3 is 1. The van der Waals surface area contributed by atoms with E-state index >= 15 is 0 Å². The van der Waals surface area contributed by atoms with E-state index in [1.165, 1.54) is 38.5 Å². The van der Waals surface area contributed by atoms with Crippen LogP contribution in [0, 0.1) is 5.92 Å². The molecule has 1 unspecified atom stereocenters. The molecule has 0 saturated heterocycles. The van der Waals surface area contributed by atoms with Crippen LogP contribution in [0.15, 0.2) is 0 Å². The van der Waals surface area contributed by atoms with Crippen molar-refractivity contribution in [3.8, 4) is 0 Å². The third kappa shape index (κ3) is 3.04. The van der Waals surface area contributed by atoms with Gasteiger partial charge in [0.25, 0.3) is 0 Å². The Bertz CT molecular complexity index is 437. The number of rotatable bonds is 4. The van der Waals surface area contributed by atoms with Gasteiger partial charge in [-0.3, -0.25) is 0 Å². The SMILES string of the molecule is COCc1nc2n(n1)CCCC2NC1CCC(C)CC1. The fourth-order valence-corrected chi connectivity index (χ4v) is 3.46. The molecule has 0 amide bonds. The smallest absolute Gasteiger partial charge is 0.176 e. The second kappa shape index (κ2) is 6.22. The number of hydrogen-bond acceptors (Lipinski definition) is 4. The van der Waals surface area contributed by atoms with Crippen LogP contribution in [0.1, 0.15) is 63.1 Å². The predicted octanol–water partition coefficient (Wildman–Crippen LogP) is 2.43. The molecule has 1 fully saturated rings. The molecule has 1 aliphatic heterocycles. The number of ether oxygens (including phenoxy) is 1. The third-order valence-electron chi connectivity index (χ3n) is 4.64. The Labute approximate surface area is 121 Å². The Kier molecular flexibility index (Phi) is 4.36. The van der Waals surface area contributed by atoms with E-state index in [4.69, 9.17) is 4.74 Å². The zero-order chi connectivity index (χ0) is 13.9. The minimum atomic E-state index is 0.375. The summed E-state index contributed by atoms with van der Waals surface area (Å²) in [6, 6.07) is 1.03. The molecule has 1 saturated carbocycles. The van der Waals surface area contributed by atoms with E-state index < -0.39 is 0 Å². The Morgan fingerprint density at radius 3 is 2.80 bits per heavy atom. The fraction of sp³-hybridized carbons (Fsp3) is 0.867. The monoisotopic (exact) mass is 278 g/mol. The summed E-state index contributed by atoms with van der Waals surface area (Å²) in [7, 11) is 1.69. The van der Waals surface area contributed by atoms with Gasteiger partial charge in [0.15, 0.2) is 5.82 Å². The molecule has 3 rings (SSSR count). The Morgan fingerprint density at radius 1 is 1.25 bits per heavy atom. The van der Waals surface area contributed by atoms with Gasteiger partial charge in [-0.05, 0) is 44.4 Å². The second-order valence-corrected chi connectivity index (χ2v) is 6.36. The lowest BCUT2D eigenvalue weighted by Gasteiger charge is -2.32. The van der Waals surface area contributed by atoms with E-state index in [1.807, 2.05) is 0 Å². The lowest BCUT2D eigenvalue weighted by Crippen LogP contribution is -2.38. The number of aromatic nitrogens is 3. The molecule has 2 aliphatic rings. The van der Waals surface area contributed by atoms with Gasteiger partial charge in [-0.1, -0.05) is 6.92 Å².